The second kappa shape index (κ2) is 8.34. The molecule has 1 aromatic carbocycles. The molecule has 1 aliphatic heterocycles. The minimum atomic E-state index is -1.19. The minimum absolute atomic E-state index is 0.965. The highest BCUT2D eigenvalue weighted by Gasteiger charge is 2.40. The van der Waals surface area contributed by atoms with E-state index in [4.69, 9.17) is 0 Å². The first-order chi connectivity index (χ1) is 11.3. The van der Waals surface area contributed by atoms with Gasteiger partial charge in [-0.3, -0.25) is 0 Å². The maximum absolute atomic E-state index is 3.69. The Bertz CT molecular complexity index is 456. The topological polar surface area (TPSA) is 0 Å². The highest BCUT2D eigenvalue weighted by Crippen LogP contribution is 2.44. The van der Waals surface area contributed by atoms with Crippen molar-refractivity contribution in [3.8, 4) is 0 Å². The van der Waals surface area contributed by atoms with Crippen molar-refractivity contribution in [1.82, 2.24) is 0 Å². The van der Waals surface area contributed by atoms with Crippen molar-refractivity contribution >= 4 is 29.2 Å². The smallest absolute Gasteiger partial charge is 0.0867 e. The molecule has 0 amide bonds. The van der Waals surface area contributed by atoms with E-state index in [-0.39, 0.29) is 0 Å². The van der Waals surface area contributed by atoms with Gasteiger partial charge in [-0.1, -0.05) is 95.8 Å². The molecule has 2 fully saturated rings. The van der Waals surface area contributed by atoms with E-state index >= 15 is 0 Å². The Morgan fingerprint density at radius 3 is 2.09 bits per heavy atom. The van der Waals surface area contributed by atoms with Crippen LogP contribution in [0.2, 0.25) is 18.1 Å². The molecule has 128 valence electrons. The second-order valence-corrected chi connectivity index (χ2v) is 13.5. The molecule has 1 heterocycles. The first-order valence-corrected chi connectivity index (χ1v) is 13.6. The Morgan fingerprint density at radius 1 is 0.913 bits per heavy atom. The largest absolute Gasteiger partial charge is 0.0925 e. The predicted molar refractivity (Wildman–Crippen MR) is 109 cm³/mol. The number of hydrogen-bond acceptors (Lipinski definition) is 0. The molecule has 1 aromatic rings. The summed E-state index contributed by atoms with van der Waals surface area (Å²) < 4.78 is 0. The third kappa shape index (κ3) is 4.12. The van der Waals surface area contributed by atoms with E-state index in [9.17, 15) is 0 Å². The van der Waals surface area contributed by atoms with Crippen molar-refractivity contribution in [2.45, 2.75) is 70.0 Å². The van der Waals surface area contributed by atoms with Crippen molar-refractivity contribution in [3.63, 3.8) is 0 Å². The molecule has 0 spiro atoms. The van der Waals surface area contributed by atoms with Gasteiger partial charge in [-0.2, -0.15) is 0 Å². The van der Waals surface area contributed by atoms with Gasteiger partial charge in [0.25, 0.3) is 0 Å². The lowest BCUT2D eigenvalue weighted by Crippen LogP contribution is -2.50. The molecule has 0 bridgehead atoms. The first kappa shape index (κ1) is 17.7. The number of rotatable bonds is 5. The quantitative estimate of drug-likeness (QED) is 0.403. The second-order valence-electron chi connectivity index (χ2n) is 8.17. The molecule has 0 N–H and O–H groups in total. The predicted octanol–water partition coefficient (Wildman–Crippen LogP) is 6.36. The van der Waals surface area contributed by atoms with E-state index < -0.39 is 8.07 Å². The lowest BCUT2D eigenvalue weighted by molar-refractivity contribution is 0.200. The highest BCUT2D eigenvalue weighted by atomic mass is 79.9. The van der Waals surface area contributed by atoms with Gasteiger partial charge >= 0.3 is 0 Å². The maximum Gasteiger partial charge on any atom is 0.0867 e. The van der Waals surface area contributed by atoms with Crippen molar-refractivity contribution in [1.29, 1.82) is 0 Å². The molecule has 2 heteroatoms. The maximum atomic E-state index is 3.69. The minimum Gasteiger partial charge on any atom is -0.0925 e. The summed E-state index contributed by atoms with van der Waals surface area (Å²) >= 11 is 3.69. The van der Waals surface area contributed by atoms with E-state index in [2.05, 4.69) is 53.2 Å². The number of benzene rings is 1. The van der Waals surface area contributed by atoms with Crippen LogP contribution in [0.15, 0.2) is 30.3 Å². The number of alkyl halides is 1. The average molecular weight is 393 g/mol. The van der Waals surface area contributed by atoms with E-state index in [1.807, 2.05) is 0 Å². The number of hydrogen-bond donors (Lipinski definition) is 0. The molecule has 0 radical (unpaired) electrons. The summed E-state index contributed by atoms with van der Waals surface area (Å²) in [5.74, 6) is 3.06. The zero-order chi connectivity index (χ0) is 16.1. The molecule has 1 aliphatic carbocycles. The zero-order valence-electron chi connectivity index (χ0n) is 14.8. The molecule has 0 unspecified atom stereocenters. The van der Waals surface area contributed by atoms with Gasteiger partial charge in [0, 0.05) is 5.33 Å². The average Bonchev–Trinajstić information content (AvgIpc) is 2.63. The third-order valence-corrected chi connectivity index (χ3v) is 13.3. The van der Waals surface area contributed by atoms with Crippen LogP contribution in [0.1, 0.15) is 51.9 Å². The van der Waals surface area contributed by atoms with E-state index in [1.54, 1.807) is 17.3 Å². The fourth-order valence-electron chi connectivity index (χ4n) is 5.43. The van der Waals surface area contributed by atoms with Gasteiger partial charge in [-0.05, 0) is 43.4 Å². The number of halogens is 1. The van der Waals surface area contributed by atoms with Gasteiger partial charge in [-0.15, -0.1) is 0 Å². The summed E-state index contributed by atoms with van der Waals surface area (Å²) in [6, 6.07) is 16.3. The van der Waals surface area contributed by atoms with Crippen LogP contribution in [0.3, 0.4) is 0 Å². The molecule has 1 saturated carbocycles. The lowest BCUT2D eigenvalue weighted by Gasteiger charge is -2.43. The van der Waals surface area contributed by atoms with Crippen LogP contribution in [0, 0.1) is 17.8 Å². The standard InChI is InChI=1S/C21H33BrSi/c1-2-14-23(21-6-4-3-5-7-21)15-12-20(13-16-23)19-10-8-18(17-22)9-11-19/h3-7,18-20H,2,8-17H2,1H3/t18?,19?,20-,23+. The summed E-state index contributed by atoms with van der Waals surface area (Å²) in [5.41, 5.74) is 0. The van der Waals surface area contributed by atoms with Crippen LogP contribution < -0.4 is 5.19 Å². The third-order valence-electron chi connectivity index (χ3n) is 6.88. The van der Waals surface area contributed by atoms with Crippen molar-refractivity contribution < 1.29 is 0 Å². The van der Waals surface area contributed by atoms with Gasteiger partial charge in [0.1, 0.15) is 0 Å². The fourth-order valence-corrected chi connectivity index (χ4v) is 11.4. The molecule has 3 rings (SSSR count). The van der Waals surface area contributed by atoms with Gasteiger partial charge < -0.3 is 0 Å². The van der Waals surface area contributed by atoms with E-state index in [0.717, 1.165) is 17.8 Å². The van der Waals surface area contributed by atoms with Crippen molar-refractivity contribution in [2.75, 3.05) is 5.33 Å². The van der Waals surface area contributed by atoms with Crippen LogP contribution in [0.4, 0.5) is 0 Å². The van der Waals surface area contributed by atoms with E-state index in [1.165, 1.54) is 56.3 Å². The van der Waals surface area contributed by atoms with Gasteiger partial charge in [0.2, 0.25) is 0 Å². The summed E-state index contributed by atoms with van der Waals surface area (Å²) in [6.45, 7) is 2.39. The Labute approximate surface area is 152 Å². The molecule has 0 aromatic heterocycles. The summed E-state index contributed by atoms with van der Waals surface area (Å²) in [6.07, 6.45) is 10.4. The van der Waals surface area contributed by atoms with Crippen molar-refractivity contribution in [2.24, 2.45) is 17.8 Å². The molecular weight excluding hydrogens is 360 g/mol. The van der Waals surface area contributed by atoms with Crippen LogP contribution >= 0.6 is 15.9 Å². The van der Waals surface area contributed by atoms with Crippen molar-refractivity contribution in [3.05, 3.63) is 30.3 Å². The highest BCUT2D eigenvalue weighted by molar-refractivity contribution is 9.09. The fraction of sp³-hybridized carbons (Fsp3) is 0.714. The molecule has 23 heavy (non-hydrogen) atoms. The van der Waals surface area contributed by atoms with E-state index in [0.29, 0.717) is 0 Å². The van der Waals surface area contributed by atoms with Gasteiger partial charge in [0.05, 0.1) is 8.07 Å². The lowest BCUT2D eigenvalue weighted by atomic mass is 9.74. The van der Waals surface area contributed by atoms with Gasteiger partial charge in [-0.25, -0.2) is 0 Å². The zero-order valence-corrected chi connectivity index (χ0v) is 17.4. The SMILES string of the molecule is CCC[Si@]1(c2ccccc2)CC[C@@H](C2CCC(CBr)CC2)CC1. The summed E-state index contributed by atoms with van der Waals surface area (Å²) in [5, 5.41) is 2.98. The normalized spacial score (nSPS) is 35.1. The molecule has 0 atom stereocenters. The van der Waals surface area contributed by atoms with Crippen LogP contribution in [-0.2, 0) is 0 Å². The Kier molecular flexibility index (Phi) is 6.43. The Morgan fingerprint density at radius 2 is 1.52 bits per heavy atom. The summed E-state index contributed by atoms with van der Waals surface area (Å²) in [7, 11) is -1.19. The summed E-state index contributed by atoms with van der Waals surface area (Å²) in [4.78, 5) is 0. The van der Waals surface area contributed by atoms with Crippen LogP contribution in [0.5, 0.6) is 0 Å². The van der Waals surface area contributed by atoms with Crippen LogP contribution in [0.25, 0.3) is 0 Å². The molecule has 0 nitrogen and oxygen atoms in total. The molecule has 2 aliphatic rings. The van der Waals surface area contributed by atoms with Crippen LogP contribution in [-0.4, -0.2) is 13.4 Å². The Balaban J connectivity index is 1.62. The monoisotopic (exact) mass is 392 g/mol. The van der Waals surface area contributed by atoms with Gasteiger partial charge in [0.15, 0.2) is 0 Å². The molecular formula is C21H33BrSi. The molecule has 1 saturated heterocycles. The Hall–Kier alpha value is -0.0831. The first-order valence-electron chi connectivity index (χ1n) is 9.89.